The lowest BCUT2D eigenvalue weighted by Crippen LogP contribution is -2.46. The lowest BCUT2D eigenvalue weighted by Gasteiger charge is -2.26. The summed E-state index contributed by atoms with van der Waals surface area (Å²) in [6.07, 6.45) is 5.20. The summed E-state index contributed by atoms with van der Waals surface area (Å²) in [6, 6.07) is 5.45. The second kappa shape index (κ2) is 10.0. The van der Waals surface area contributed by atoms with Gasteiger partial charge in [0.2, 0.25) is 10.0 Å². The summed E-state index contributed by atoms with van der Waals surface area (Å²) < 4.78 is 37.1. The topological polar surface area (TPSA) is 114 Å². The molecule has 3 amide bonds. The highest BCUT2D eigenvalue weighted by Crippen LogP contribution is 2.20. The molecule has 10 heteroatoms. The zero-order valence-electron chi connectivity index (χ0n) is 16.3. The Morgan fingerprint density at radius 1 is 1.07 bits per heavy atom. The number of benzene rings is 1. The molecule has 1 saturated heterocycles. The van der Waals surface area contributed by atoms with Gasteiger partial charge in [0.05, 0.1) is 18.1 Å². The van der Waals surface area contributed by atoms with Crippen LogP contribution in [0, 0.1) is 0 Å². The van der Waals surface area contributed by atoms with Gasteiger partial charge in [-0.3, -0.25) is 10.1 Å². The van der Waals surface area contributed by atoms with Gasteiger partial charge >= 0.3 is 6.03 Å². The standard InChI is InChI=1S/C19H27N3O6S/c23-18(21-19(24)20-15-4-2-1-3-5-15)14-28-16-6-8-17(9-7-16)29(25,26)22-10-12-27-13-11-22/h6-9,15H,1-5,10-14H2,(H2,20,21,23,24). The van der Waals surface area contributed by atoms with Crippen LogP contribution < -0.4 is 15.4 Å². The van der Waals surface area contributed by atoms with Gasteiger partial charge in [-0.05, 0) is 37.1 Å². The Bertz CT molecular complexity index is 800. The molecule has 0 bridgehead atoms. The number of amides is 3. The summed E-state index contributed by atoms with van der Waals surface area (Å²) in [7, 11) is -3.57. The Morgan fingerprint density at radius 3 is 2.38 bits per heavy atom. The lowest BCUT2D eigenvalue weighted by molar-refractivity contribution is -0.122. The van der Waals surface area contributed by atoms with Crippen LogP contribution in [0.15, 0.2) is 29.2 Å². The molecule has 9 nitrogen and oxygen atoms in total. The van der Waals surface area contributed by atoms with Gasteiger partial charge in [-0.1, -0.05) is 19.3 Å². The van der Waals surface area contributed by atoms with Crippen LogP contribution in [0.4, 0.5) is 4.79 Å². The molecule has 1 aromatic carbocycles. The number of hydrogen-bond donors (Lipinski definition) is 2. The van der Waals surface area contributed by atoms with E-state index in [0.29, 0.717) is 32.1 Å². The first kappa shape index (κ1) is 21.5. The molecule has 0 atom stereocenters. The van der Waals surface area contributed by atoms with Crippen molar-refractivity contribution >= 4 is 22.0 Å². The number of sulfonamides is 1. The van der Waals surface area contributed by atoms with Crippen LogP contribution in [-0.2, 0) is 19.6 Å². The minimum Gasteiger partial charge on any atom is -0.484 e. The molecule has 2 N–H and O–H groups in total. The van der Waals surface area contributed by atoms with Crippen molar-refractivity contribution in [3.63, 3.8) is 0 Å². The predicted octanol–water partition coefficient (Wildman–Crippen LogP) is 1.24. The molecule has 2 fully saturated rings. The van der Waals surface area contributed by atoms with Crippen LogP contribution in [0.25, 0.3) is 0 Å². The smallest absolute Gasteiger partial charge is 0.321 e. The summed E-state index contributed by atoms with van der Waals surface area (Å²) >= 11 is 0. The first-order valence-electron chi connectivity index (χ1n) is 9.86. The highest BCUT2D eigenvalue weighted by molar-refractivity contribution is 7.89. The predicted molar refractivity (Wildman–Crippen MR) is 105 cm³/mol. The molecule has 0 aromatic heterocycles. The first-order valence-corrected chi connectivity index (χ1v) is 11.3. The third-order valence-electron chi connectivity index (χ3n) is 4.99. The van der Waals surface area contributed by atoms with E-state index in [9.17, 15) is 18.0 Å². The Morgan fingerprint density at radius 2 is 1.72 bits per heavy atom. The van der Waals surface area contributed by atoms with E-state index in [1.807, 2.05) is 0 Å². The maximum absolute atomic E-state index is 12.6. The first-order chi connectivity index (χ1) is 13.9. The number of rotatable bonds is 6. The highest BCUT2D eigenvalue weighted by Gasteiger charge is 2.26. The number of nitrogens with one attached hydrogen (secondary N) is 2. The number of carbonyl (C=O) groups is 2. The van der Waals surface area contributed by atoms with Crippen molar-refractivity contribution in [2.24, 2.45) is 0 Å². The molecule has 1 saturated carbocycles. The summed E-state index contributed by atoms with van der Waals surface area (Å²) in [5, 5.41) is 5.04. The van der Waals surface area contributed by atoms with Crippen LogP contribution in [-0.4, -0.2) is 63.6 Å². The lowest BCUT2D eigenvalue weighted by atomic mass is 9.96. The fourth-order valence-corrected chi connectivity index (χ4v) is 4.83. The summed E-state index contributed by atoms with van der Waals surface area (Å²) in [5.74, 6) is -0.225. The van der Waals surface area contributed by atoms with E-state index in [1.165, 1.54) is 35.0 Å². The third kappa shape index (κ3) is 6.15. The van der Waals surface area contributed by atoms with Gasteiger partial charge in [0.25, 0.3) is 5.91 Å². The Kier molecular flexibility index (Phi) is 7.45. The highest BCUT2D eigenvalue weighted by atomic mass is 32.2. The number of urea groups is 1. The second-order valence-corrected chi connectivity index (χ2v) is 9.07. The number of carbonyl (C=O) groups excluding carboxylic acids is 2. The average Bonchev–Trinajstić information content (AvgIpc) is 2.74. The normalized spacial score (nSPS) is 18.8. The van der Waals surface area contributed by atoms with Crippen molar-refractivity contribution < 1.29 is 27.5 Å². The minimum absolute atomic E-state index is 0.110. The van der Waals surface area contributed by atoms with Crippen LogP contribution in [0.3, 0.4) is 0 Å². The number of hydrogen-bond acceptors (Lipinski definition) is 6. The number of imide groups is 1. The molecule has 0 radical (unpaired) electrons. The van der Waals surface area contributed by atoms with Crippen LogP contribution >= 0.6 is 0 Å². The van der Waals surface area contributed by atoms with E-state index in [-0.39, 0.29) is 17.5 Å². The Hall–Kier alpha value is -2.17. The molecule has 160 valence electrons. The Balaban J connectivity index is 1.45. The largest absolute Gasteiger partial charge is 0.484 e. The summed E-state index contributed by atoms with van der Waals surface area (Å²) in [5.41, 5.74) is 0. The molecule has 2 aliphatic rings. The van der Waals surface area contributed by atoms with Crippen molar-refractivity contribution in [2.75, 3.05) is 32.9 Å². The number of nitrogens with zero attached hydrogens (tertiary/aromatic N) is 1. The van der Waals surface area contributed by atoms with Crippen LogP contribution in [0.1, 0.15) is 32.1 Å². The SMILES string of the molecule is O=C(COc1ccc(S(=O)(=O)N2CCOCC2)cc1)NC(=O)NC1CCCCC1. The number of ether oxygens (including phenoxy) is 2. The van der Waals surface area contributed by atoms with E-state index in [4.69, 9.17) is 9.47 Å². The molecular formula is C19H27N3O6S. The van der Waals surface area contributed by atoms with Gasteiger partial charge in [0.15, 0.2) is 6.61 Å². The summed E-state index contributed by atoms with van der Waals surface area (Å²) in [4.78, 5) is 23.9. The zero-order valence-corrected chi connectivity index (χ0v) is 17.1. The van der Waals surface area contributed by atoms with E-state index < -0.39 is 22.0 Å². The van der Waals surface area contributed by atoms with Crippen molar-refractivity contribution in [3.05, 3.63) is 24.3 Å². The van der Waals surface area contributed by atoms with Crippen molar-refractivity contribution in [2.45, 2.75) is 43.0 Å². The van der Waals surface area contributed by atoms with Gasteiger partial charge in [-0.2, -0.15) is 4.31 Å². The van der Waals surface area contributed by atoms with E-state index in [2.05, 4.69) is 10.6 Å². The maximum atomic E-state index is 12.6. The molecule has 3 rings (SSSR count). The molecule has 1 aliphatic heterocycles. The minimum atomic E-state index is -3.57. The van der Waals surface area contributed by atoms with E-state index in [0.717, 1.165) is 25.7 Å². The molecule has 1 aliphatic carbocycles. The molecule has 0 spiro atoms. The quantitative estimate of drug-likeness (QED) is 0.709. The third-order valence-corrected chi connectivity index (χ3v) is 6.91. The fraction of sp³-hybridized carbons (Fsp3) is 0.579. The van der Waals surface area contributed by atoms with Crippen molar-refractivity contribution in [1.29, 1.82) is 0 Å². The van der Waals surface area contributed by atoms with Crippen molar-refractivity contribution in [1.82, 2.24) is 14.9 Å². The van der Waals surface area contributed by atoms with Gasteiger partial charge in [0, 0.05) is 19.1 Å². The van der Waals surface area contributed by atoms with Gasteiger partial charge in [-0.15, -0.1) is 0 Å². The van der Waals surface area contributed by atoms with Gasteiger partial charge < -0.3 is 14.8 Å². The second-order valence-electron chi connectivity index (χ2n) is 7.13. The van der Waals surface area contributed by atoms with Gasteiger partial charge in [-0.25, -0.2) is 13.2 Å². The zero-order chi connectivity index (χ0) is 20.7. The number of morpholine rings is 1. The molecule has 1 heterocycles. The molecule has 1 aromatic rings. The Labute approximate surface area is 170 Å². The molecule has 29 heavy (non-hydrogen) atoms. The summed E-state index contributed by atoms with van der Waals surface area (Å²) in [6.45, 7) is 1.06. The van der Waals surface area contributed by atoms with Crippen LogP contribution in [0.2, 0.25) is 0 Å². The van der Waals surface area contributed by atoms with Crippen molar-refractivity contribution in [3.8, 4) is 5.75 Å². The monoisotopic (exact) mass is 425 g/mol. The maximum Gasteiger partial charge on any atom is 0.321 e. The van der Waals surface area contributed by atoms with E-state index >= 15 is 0 Å². The molecule has 0 unspecified atom stereocenters. The van der Waals surface area contributed by atoms with Crippen LogP contribution in [0.5, 0.6) is 5.75 Å². The average molecular weight is 426 g/mol. The molecular weight excluding hydrogens is 398 g/mol. The fourth-order valence-electron chi connectivity index (χ4n) is 3.42. The van der Waals surface area contributed by atoms with Gasteiger partial charge in [0.1, 0.15) is 5.75 Å². The van der Waals surface area contributed by atoms with E-state index in [1.54, 1.807) is 0 Å².